The topological polar surface area (TPSA) is 29.9 Å². The first kappa shape index (κ1) is 16.2. The molecule has 0 aliphatic heterocycles. The van der Waals surface area contributed by atoms with E-state index in [0.29, 0.717) is 5.92 Å². The molecule has 0 aliphatic carbocycles. The smallest absolute Gasteiger partial charge is 0.0521 e. The third kappa shape index (κ3) is 4.68. The molecule has 4 heteroatoms. The van der Waals surface area contributed by atoms with E-state index in [-0.39, 0.29) is 0 Å². The number of halogens is 1. The largest absolute Gasteiger partial charge is 0.316 e. The summed E-state index contributed by atoms with van der Waals surface area (Å²) in [6.45, 7) is 7.30. The Balaban J connectivity index is 2.13. The summed E-state index contributed by atoms with van der Waals surface area (Å²) in [5.74, 6) is 0.460. The molecule has 114 valence electrons. The lowest BCUT2D eigenvalue weighted by Gasteiger charge is -2.19. The fourth-order valence-corrected chi connectivity index (χ4v) is 3.13. The van der Waals surface area contributed by atoms with Gasteiger partial charge in [0.15, 0.2) is 0 Å². The van der Waals surface area contributed by atoms with Crippen molar-refractivity contribution in [3.63, 3.8) is 0 Å². The maximum absolute atomic E-state index is 4.38. The van der Waals surface area contributed by atoms with Gasteiger partial charge in [0.1, 0.15) is 0 Å². The molecular formula is C17H24BrN3. The van der Waals surface area contributed by atoms with Gasteiger partial charge in [0, 0.05) is 29.7 Å². The van der Waals surface area contributed by atoms with Crippen LogP contribution in [0.1, 0.15) is 37.3 Å². The Morgan fingerprint density at radius 2 is 2.10 bits per heavy atom. The normalized spacial score (nSPS) is 12.5. The number of hydrogen-bond acceptors (Lipinski definition) is 2. The minimum absolute atomic E-state index is 0.460. The van der Waals surface area contributed by atoms with Crippen LogP contribution >= 0.6 is 15.9 Å². The maximum Gasteiger partial charge on any atom is 0.0521 e. The van der Waals surface area contributed by atoms with E-state index in [1.54, 1.807) is 0 Å². The second-order valence-corrected chi connectivity index (χ2v) is 6.19. The van der Waals surface area contributed by atoms with Crippen LogP contribution < -0.4 is 5.32 Å². The molecule has 0 fully saturated rings. The third-order valence-corrected chi connectivity index (χ3v) is 4.38. The Bertz CT molecular complexity index is 550. The van der Waals surface area contributed by atoms with Crippen molar-refractivity contribution in [1.82, 2.24) is 15.1 Å². The van der Waals surface area contributed by atoms with Gasteiger partial charge in [0.2, 0.25) is 0 Å². The van der Waals surface area contributed by atoms with Crippen LogP contribution in [0.15, 0.2) is 41.1 Å². The number of aromatic nitrogens is 2. The number of aryl methyl sites for hydroxylation is 1. The van der Waals surface area contributed by atoms with E-state index in [1.807, 2.05) is 10.9 Å². The van der Waals surface area contributed by atoms with E-state index >= 15 is 0 Å². The van der Waals surface area contributed by atoms with Crippen molar-refractivity contribution in [3.8, 4) is 0 Å². The van der Waals surface area contributed by atoms with Gasteiger partial charge in [-0.15, -0.1) is 0 Å². The number of hydrogen-bond donors (Lipinski definition) is 1. The second kappa shape index (κ2) is 8.35. The SMILES string of the molecule is CCCNCC(Cc1cnn(CC)c1)c1ccccc1Br. The van der Waals surface area contributed by atoms with Crippen LogP contribution in [0.3, 0.4) is 0 Å². The highest BCUT2D eigenvalue weighted by atomic mass is 79.9. The van der Waals surface area contributed by atoms with Crippen molar-refractivity contribution in [1.29, 1.82) is 0 Å². The summed E-state index contributed by atoms with van der Waals surface area (Å²) < 4.78 is 3.18. The Kier molecular flexibility index (Phi) is 6.46. The Morgan fingerprint density at radius 1 is 1.29 bits per heavy atom. The average molecular weight is 350 g/mol. The molecule has 3 nitrogen and oxygen atoms in total. The van der Waals surface area contributed by atoms with Crippen molar-refractivity contribution < 1.29 is 0 Å². The molecule has 1 unspecified atom stereocenters. The summed E-state index contributed by atoms with van der Waals surface area (Å²) in [7, 11) is 0. The van der Waals surface area contributed by atoms with Gasteiger partial charge in [0.05, 0.1) is 6.20 Å². The van der Waals surface area contributed by atoms with Crippen molar-refractivity contribution in [2.75, 3.05) is 13.1 Å². The van der Waals surface area contributed by atoms with Crippen LogP contribution in [0.4, 0.5) is 0 Å². The molecule has 0 saturated heterocycles. The predicted molar refractivity (Wildman–Crippen MR) is 91.6 cm³/mol. The van der Waals surface area contributed by atoms with Crippen molar-refractivity contribution >= 4 is 15.9 Å². The van der Waals surface area contributed by atoms with Crippen LogP contribution in [-0.2, 0) is 13.0 Å². The van der Waals surface area contributed by atoms with Crippen molar-refractivity contribution in [2.45, 2.75) is 39.2 Å². The summed E-state index contributed by atoms with van der Waals surface area (Å²) >= 11 is 3.69. The highest BCUT2D eigenvalue weighted by Crippen LogP contribution is 2.27. The molecule has 2 rings (SSSR count). The van der Waals surface area contributed by atoms with E-state index < -0.39 is 0 Å². The number of rotatable bonds is 8. The lowest BCUT2D eigenvalue weighted by atomic mass is 9.93. The summed E-state index contributed by atoms with van der Waals surface area (Å²) in [6.07, 6.45) is 6.33. The zero-order valence-electron chi connectivity index (χ0n) is 12.8. The van der Waals surface area contributed by atoms with Crippen LogP contribution in [0, 0.1) is 0 Å². The van der Waals surface area contributed by atoms with Gasteiger partial charge in [-0.1, -0.05) is 41.1 Å². The number of nitrogens with zero attached hydrogens (tertiary/aromatic N) is 2. The molecule has 1 heterocycles. The number of benzene rings is 1. The molecule has 2 aromatic rings. The van der Waals surface area contributed by atoms with E-state index in [4.69, 9.17) is 0 Å². The third-order valence-electron chi connectivity index (χ3n) is 3.66. The molecule has 21 heavy (non-hydrogen) atoms. The molecule has 1 atom stereocenters. The van der Waals surface area contributed by atoms with Gasteiger partial charge >= 0.3 is 0 Å². The second-order valence-electron chi connectivity index (χ2n) is 5.33. The zero-order valence-corrected chi connectivity index (χ0v) is 14.4. The molecule has 1 N–H and O–H groups in total. The van der Waals surface area contributed by atoms with Gasteiger partial charge in [-0.25, -0.2) is 0 Å². The van der Waals surface area contributed by atoms with Crippen molar-refractivity contribution in [2.24, 2.45) is 0 Å². The van der Waals surface area contributed by atoms with Gasteiger partial charge in [-0.3, -0.25) is 4.68 Å². The summed E-state index contributed by atoms with van der Waals surface area (Å²) in [4.78, 5) is 0. The van der Waals surface area contributed by atoms with E-state index in [2.05, 4.69) is 70.7 Å². The minimum atomic E-state index is 0.460. The zero-order chi connectivity index (χ0) is 15.1. The first-order valence-electron chi connectivity index (χ1n) is 7.71. The molecule has 1 aromatic heterocycles. The lowest BCUT2D eigenvalue weighted by Crippen LogP contribution is -2.24. The highest BCUT2D eigenvalue weighted by Gasteiger charge is 2.15. The van der Waals surface area contributed by atoms with Crippen LogP contribution in [0.2, 0.25) is 0 Å². The van der Waals surface area contributed by atoms with Crippen LogP contribution in [-0.4, -0.2) is 22.9 Å². The van der Waals surface area contributed by atoms with E-state index in [1.165, 1.54) is 15.6 Å². The summed E-state index contributed by atoms with van der Waals surface area (Å²) in [6, 6.07) is 8.52. The van der Waals surface area contributed by atoms with Crippen LogP contribution in [0.25, 0.3) is 0 Å². The van der Waals surface area contributed by atoms with Gasteiger partial charge < -0.3 is 5.32 Å². The first-order chi connectivity index (χ1) is 10.2. The van der Waals surface area contributed by atoms with Gasteiger partial charge in [-0.05, 0) is 43.5 Å². The quantitative estimate of drug-likeness (QED) is 0.730. The molecular weight excluding hydrogens is 326 g/mol. The summed E-state index contributed by atoms with van der Waals surface area (Å²) in [5, 5.41) is 7.94. The Hall–Kier alpha value is -1.13. The molecule has 0 spiro atoms. The monoisotopic (exact) mass is 349 g/mol. The Labute approximate surface area is 135 Å². The van der Waals surface area contributed by atoms with Crippen molar-refractivity contribution in [3.05, 3.63) is 52.3 Å². The highest BCUT2D eigenvalue weighted by molar-refractivity contribution is 9.10. The fraction of sp³-hybridized carbons (Fsp3) is 0.471. The van der Waals surface area contributed by atoms with E-state index in [9.17, 15) is 0 Å². The first-order valence-corrected chi connectivity index (χ1v) is 8.50. The molecule has 0 saturated carbocycles. The summed E-state index contributed by atoms with van der Waals surface area (Å²) in [5.41, 5.74) is 2.67. The number of nitrogens with one attached hydrogen (secondary N) is 1. The lowest BCUT2D eigenvalue weighted by molar-refractivity contribution is 0.574. The van der Waals surface area contributed by atoms with Crippen LogP contribution in [0.5, 0.6) is 0 Å². The molecule has 0 radical (unpaired) electrons. The average Bonchev–Trinajstić information content (AvgIpc) is 2.95. The molecule has 0 amide bonds. The van der Waals surface area contributed by atoms with E-state index in [0.717, 1.165) is 32.5 Å². The van der Waals surface area contributed by atoms with Gasteiger partial charge in [-0.2, -0.15) is 5.10 Å². The molecule has 0 aliphatic rings. The fourth-order valence-electron chi connectivity index (χ4n) is 2.52. The Morgan fingerprint density at radius 3 is 2.76 bits per heavy atom. The molecule has 1 aromatic carbocycles. The molecule has 0 bridgehead atoms. The minimum Gasteiger partial charge on any atom is -0.316 e. The predicted octanol–water partition coefficient (Wildman–Crippen LogP) is 3.99. The van der Waals surface area contributed by atoms with Gasteiger partial charge in [0.25, 0.3) is 0 Å². The maximum atomic E-state index is 4.38. The standard InChI is InChI=1S/C17H24BrN3/c1-3-9-19-12-15(16-7-5-6-8-17(16)18)10-14-11-20-21(4-2)13-14/h5-8,11,13,15,19H,3-4,9-10,12H2,1-2H3.